The third-order valence-electron chi connectivity index (χ3n) is 3.98. The Balaban J connectivity index is 1.69. The molecule has 0 atom stereocenters. The van der Waals surface area contributed by atoms with Gasteiger partial charge in [0.05, 0.1) is 13.7 Å². The highest BCUT2D eigenvalue weighted by atomic mass is 32.2. The summed E-state index contributed by atoms with van der Waals surface area (Å²) >= 11 is 1.36. The molecule has 0 bridgehead atoms. The molecule has 0 saturated carbocycles. The summed E-state index contributed by atoms with van der Waals surface area (Å²) in [6, 6.07) is 0. The monoisotopic (exact) mass is 369 g/mol. The topological polar surface area (TPSA) is 109 Å². The molecule has 1 aromatic heterocycles. The highest BCUT2D eigenvalue weighted by molar-refractivity contribution is 8.00. The molecule has 1 N–H and O–H groups in total. The Morgan fingerprint density at radius 2 is 2.16 bits per heavy atom. The highest BCUT2D eigenvalue weighted by Crippen LogP contribution is 2.30. The number of hydrazine groups is 2. The molecule has 12 heteroatoms. The normalized spacial score (nSPS) is 18.4. The molecule has 0 aliphatic carbocycles. The zero-order chi connectivity index (χ0) is 18.0. The minimum atomic E-state index is -0.463. The van der Waals surface area contributed by atoms with Crippen molar-refractivity contribution in [3.8, 4) is 0 Å². The van der Waals surface area contributed by atoms with Gasteiger partial charge in [0, 0.05) is 31.6 Å². The fraction of sp³-hybridized carbons (Fsp3) is 0.538. The summed E-state index contributed by atoms with van der Waals surface area (Å²) < 4.78 is 6.47. The van der Waals surface area contributed by atoms with Crippen LogP contribution in [0.1, 0.15) is 12.7 Å². The van der Waals surface area contributed by atoms with E-state index in [-0.39, 0.29) is 11.9 Å². The average Bonchev–Trinajstić information content (AvgIpc) is 3.21. The van der Waals surface area contributed by atoms with Gasteiger partial charge < -0.3 is 19.8 Å². The number of imidazole rings is 1. The van der Waals surface area contributed by atoms with Gasteiger partial charge in [-0.15, -0.1) is 0 Å². The first-order valence-electron chi connectivity index (χ1n) is 7.77. The molecule has 0 aromatic carbocycles. The van der Waals surface area contributed by atoms with E-state index in [2.05, 4.69) is 9.82 Å². The fourth-order valence-electron chi connectivity index (χ4n) is 2.69. The lowest BCUT2D eigenvalue weighted by Crippen LogP contribution is -2.56. The number of nitrogens with zero attached hydrogens (tertiary/aromatic N) is 6. The average molecular weight is 369 g/mol. The summed E-state index contributed by atoms with van der Waals surface area (Å²) in [6.45, 7) is 4.43. The largest absolute Gasteiger partial charge is 0.450 e. The number of hydrogen-bond donors (Lipinski definition) is 1. The summed E-state index contributed by atoms with van der Waals surface area (Å²) in [7, 11) is 1.61. The third-order valence-corrected chi connectivity index (χ3v) is 4.60. The Morgan fingerprint density at radius 3 is 2.76 bits per heavy atom. The van der Waals surface area contributed by atoms with Crippen LogP contribution in [0.2, 0.25) is 0 Å². The maximum atomic E-state index is 11.8. The number of piperazine rings is 1. The van der Waals surface area contributed by atoms with Gasteiger partial charge in [0.2, 0.25) is 5.82 Å². The predicted molar refractivity (Wildman–Crippen MR) is 90.6 cm³/mol. The van der Waals surface area contributed by atoms with Gasteiger partial charge in [-0.3, -0.25) is 0 Å². The minimum Gasteiger partial charge on any atom is -0.450 e. The van der Waals surface area contributed by atoms with Gasteiger partial charge in [-0.1, -0.05) is 0 Å². The molecule has 0 spiro atoms. The second-order valence-electron chi connectivity index (χ2n) is 5.42. The van der Waals surface area contributed by atoms with Crippen LogP contribution in [0, 0.1) is 10.1 Å². The van der Waals surface area contributed by atoms with Crippen LogP contribution < -0.4 is 4.83 Å². The predicted octanol–water partition coefficient (Wildman–Crippen LogP) is 0.784. The minimum absolute atomic E-state index is 0.0696. The number of aromatic nitrogens is 2. The molecular formula is C13H19N7O4S. The number of ether oxygens (including phenoxy) is 1. The Labute approximate surface area is 148 Å². The van der Waals surface area contributed by atoms with Crippen molar-refractivity contribution >= 4 is 29.6 Å². The van der Waals surface area contributed by atoms with Crippen LogP contribution in [0.15, 0.2) is 11.6 Å². The van der Waals surface area contributed by atoms with Gasteiger partial charge >= 0.3 is 11.9 Å². The molecule has 3 rings (SSSR count). The molecule has 2 aliphatic rings. The molecule has 0 radical (unpaired) electrons. The number of amides is 1. The van der Waals surface area contributed by atoms with Crippen molar-refractivity contribution in [1.82, 2.24) is 29.4 Å². The lowest BCUT2D eigenvalue weighted by Gasteiger charge is -2.39. The summed E-state index contributed by atoms with van der Waals surface area (Å²) in [5, 5.41) is 16.7. The Kier molecular flexibility index (Phi) is 5.11. The van der Waals surface area contributed by atoms with E-state index in [4.69, 9.17) is 4.74 Å². The van der Waals surface area contributed by atoms with Crippen molar-refractivity contribution in [2.75, 3.05) is 32.8 Å². The second-order valence-corrected chi connectivity index (χ2v) is 6.07. The van der Waals surface area contributed by atoms with Crippen molar-refractivity contribution < 1.29 is 14.5 Å². The van der Waals surface area contributed by atoms with E-state index >= 15 is 0 Å². The molecule has 136 valence electrons. The second kappa shape index (κ2) is 7.29. The van der Waals surface area contributed by atoms with Crippen LogP contribution in [0.3, 0.4) is 0 Å². The third kappa shape index (κ3) is 3.41. The summed E-state index contributed by atoms with van der Waals surface area (Å²) in [6.07, 6.45) is 0.942. The van der Waals surface area contributed by atoms with E-state index in [1.54, 1.807) is 18.9 Å². The molecule has 11 nitrogen and oxygen atoms in total. The quantitative estimate of drug-likeness (QED) is 0.468. The van der Waals surface area contributed by atoms with Crippen LogP contribution in [0.5, 0.6) is 0 Å². The number of rotatable bonds is 4. The van der Waals surface area contributed by atoms with Crippen LogP contribution in [-0.2, 0) is 11.8 Å². The number of nitrogens with one attached hydrogen (secondary N) is 1. The van der Waals surface area contributed by atoms with Crippen LogP contribution in [-0.4, -0.2) is 68.4 Å². The lowest BCUT2D eigenvalue weighted by molar-refractivity contribution is -0.391. The van der Waals surface area contributed by atoms with Gasteiger partial charge in [-0.25, -0.2) is 24.5 Å². The van der Waals surface area contributed by atoms with E-state index < -0.39 is 4.92 Å². The van der Waals surface area contributed by atoms with Gasteiger partial charge in [0.25, 0.3) is 0 Å². The van der Waals surface area contributed by atoms with Crippen molar-refractivity contribution in [3.05, 3.63) is 27.5 Å². The van der Waals surface area contributed by atoms with Crippen LogP contribution in [0.4, 0.5) is 10.6 Å². The number of nitro groups is 1. The molecule has 0 unspecified atom stereocenters. The molecule has 1 fully saturated rings. The number of hydrogen-bond acceptors (Lipinski definition) is 9. The zero-order valence-electron chi connectivity index (χ0n) is 13.9. The lowest BCUT2D eigenvalue weighted by atomic mass is 10.3. The van der Waals surface area contributed by atoms with E-state index in [9.17, 15) is 14.9 Å². The van der Waals surface area contributed by atoms with Crippen molar-refractivity contribution in [3.63, 3.8) is 0 Å². The molecule has 3 heterocycles. The van der Waals surface area contributed by atoms with Crippen LogP contribution >= 0.6 is 11.9 Å². The zero-order valence-corrected chi connectivity index (χ0v) is 14.7. The van der Waals surface area contributed by atoms with Crippen LogP contribution in [0.25, 0.3) is 5.70 Å². The summed E-state index contributed by atoms with van der Waals surface area (Å²) in [5.41, 5.74) is 0.727. The molecule has 2 aliphatic heterocycles. The first-order valence-corrected chi connectivity index (χ1v) is 8.65. The number of carbonyl (C=O) groups excluding carboxylic acids is 1. The van der Waals surface area contributed by atoms with Gasteiger partial charge in [0.1, 0.15) is 11.9 Å². The smallest absolute Gasteiger partial charge is 0.409 e. The van der Waals surface area contributed by atoms with Gasteiger partial charge in [0.15, 0.2) is 0 Å². The maximum absolute atomic E-state index is 11.8. The summed E-state index contributed by atoms with van der Waals surface area (Å²) in [5.74, 6) is 0.428. The highest BCUT2D eigenvalue weighted by Gasteiger charge is 2.33. The Morgan fingerprint density at radius 1 is 1.44 bits per heavy atom. The van der Waals surface area contributed by atoms with E-state index in [1.165, 1.54) is 22.7 Å². The molecular weight excluding hydrogens is 350 g/mol. The summed E-state index contributed by atoms with van der Waals surface area (Å²) in [4.78, 5) is 31.3. The van der Waals surface area contributed by atoms with E-state index in [0.29, 0.717) is 38.6 Å². The molecule has 1 aromatic rings. The first kappa shape index (κ1) is 17.5. The Hall–Kier alpha value is -2.31. The molecule has 1 amide bonds. The van der Waals surface area contributed by atoms with Crippen molar-refractivity contribution in [1.29, 1.82) is 0 Å². The maximum Gasteiger partial charge on any atom is 0.409 e. The van der Waals surface area contributed by atoms with Gasteiger partial charge in [-0.05, 0) is 23.8 Å². The molecule has 1 saturated heterocycles. The SMILES string of the molecule is CCOC(=O)N1CCN(N2NSC=C2c2ncc([N+](=O)[O-])n2C)CC1. The first-order chi connectivity index (χ1) is 12.0. The van der Waals surface area contributed by atoms with E-state index in [0.717, 1.165) is 5.70 Å². The van der Waals surface area contributed by atoms with E-state index in [1.807, 2.05) is 15.5 Å². The van der Waals surface area contributed by atoms with Crippen molar-refractivity contribution in [2.24, 2.45) is 7.05 Å². The molecule has 25 heavy (non-hydrogen) atoms. The standard InChI is InChI=1S/C13H19N7O4S/c1-3-24-13(21)17-4-6-18(7-5-17)19-10(9-25-15-19)12-14-8-11(16(12)2)20(22)23/h8-9,15H,3-7H2,1-2H3. The van der Waals surface area contributed by atoms with Crippen molar-refractivity contribution in [2.45, 2.75) is 6.92 Å². The number of carbonyl (C=O) groups is 1. The Bertz CT molecular complexity index is 699. The van der Waals surface area contributed by atoms with Gasteiger partial charge in [-0.2, -0.15) is 4.83 Å². The fourth-order valence-corrected chi connectivity index (χ4v) is 3.37.